The summed E-state index contributed by atoms with van der Waals surface area (Å²) in [5.74, 6) is 1.68. The molecule has 3 rings (SSSR count). The second-order valence-electron chi connectivity index (χ2n) is 5.57. The summed E-state index contributed by atoms with van der Waals surface area (Å²) in [6.45, 7) is 0. The van der Waals surface area contributed by atoms with Crippen molar-refractivity contribution in [2.45, 2.75) is 44.4 Å². The second-order valence-corrected chi connectivity index (χ2v) is 5.57. The lowest BCUT2D eigenvalue weighted by atomic mass is 9.89. The van der Waals surface area contributed by atoms with Crippen molar-refractivity contribution in [3.8, 4) is 0 Å². The Morgan fingerprint density at radius 1 is 1.05 bits per heavy atom. The lowest BCUT2D eigenvalue weighted by Crippen LogP contribution is -2.14. The molecule has 1 saturated carbocycles. The highest BCUT2D eigenvalue weighted by molar-refractivity contribution is 5.24. The summed E-state index contributed by atoms with van der Waals surface area (Å²) in [7, 11) is 0. The lowest BCUT2D eigenvalue weighted by Gasteiger charge is -2.20. The van der Waals surface area contributed by atoms with Crippen molar-refractivity contribution < 1.29 is 4.39 Å². The van der Waals surface area contributed by atoms with Gasteiger partial charge >= 0.3 is 0 Å². The van der Waals surface area contributed by atoms with Crippen molar-refractivity contribution in [2.24, 2.45) is 0 Å². The number of benzene rings is 1. The van der Waals surface area contributed by atoms with Gasteiger partial charge in [-0.05, 0) is 24.5 Å². The van der Waals surface area contributed by atoms with Crippen LogP contribution in [0.4, 0.5) is 10.3 Å². The molecule has 0 radical (unpaired) electrons. The van der Waals surface area contributed by atoms with E-state index in [9.17, 15) is 4.39 Å². The lowest BCUT2D eigenvalue weighted by molar-refractivity contribution is 0.427. The number of nitrogen functional groups attached to an aromatic ring is 1. The highest BCUT2D eigenvalue weighted by atomic mass is 19.1. The molecule has 0 unspecified atom stereocenters. The van der Waals surface area contributed by atoms with E-state index in [1.165, 1.54) is 25.3 Å². The molecule has 1 aromatic heterocycles. The Morgan fingerprint density at radius 2 is 1.81 bits per heavy atom. The number of hydrogen-bond acceptors (Lipinski definition) is 4. The van der Waals surface area contributed by atoms with Crippen molar-refractivity contribution in [2.75, 3.05) is 5.73 Å². The maximum atomic E-state index is 13.7. The van der Waals surface area contributed by atoms with Gasteiger partial charge < -0.3 is 5.73 Å². The third-order valence-electron chi connectivity index (χ3n) is 3.99. The van der Waals surface area contributed by atoms with E-state index in [4.69, 9.17) is 5.73 Å². The molecule has 0 aliphatic heterocycles. The van der Waals surface area contributed by atoms with E-state index < -0.39 is 0 Å². The summed E-state index contributed by atoms with van der Waals surface area (Å²) in [6, 6.07) is 6.68. The van der Waals surface area contributed by atoms with E-state index in [2.05, 4.69) is 15.0 Å². The minimum absolute atomic E-state index is 0.233. The zero-order chi connectivity index (χ0) is 14.7. The number of anilines is 1. The molecule has 4 nitrogen and oxygen atoms in total. The van der Waals surface area contributed by atoms with Gasteiger partial charge in [-0.15, -0.1) is 0 Å². The molecule has 2 aromatic rings. The normalized spacial score (nSPS) is 16.0. The fraction of sp³-hybridized carbons (Fsp3) is 0.438. The molecule has 5 heteroatoms. The third kappa shape index (κ3) is 3.35. The summed E-state index contributed by atoms with van der Waals surface area (Å²) in [6.07, 6.45) is 6.24. The maximum absolute atomic E-state index is 13.7. The number of rotatable bonds is 3. The molecule has 0 spiro atoms. The first-order valence-electron chi connectivity index (χ1n) is 7.46. The predicted octanol–water partition coefficient (Wildman–Crippen LogP) is 3.23. The van der Waals surface area contributed by atoms with Gasteiger partial charge in [0.05, 0.1) is 0 Å². The summed E-state index contributed by atoms with van der Waals surface area (Å²) >= 11 is 0. The second kappa shape index (κ2) is 6.16. The number of hydrogen-bond donors (Lipinski definition) is 1. The fourth-order valence-electron chi connectivity index (χ4n) is 2.89. The van der Waals surface area contributed by atoms with Crippen molar-refractivity contribution >= 4 is 5.95 Å². The number of nitrogens with zero attached hydrogens (tertiary/aromatic N) is 3. The molecular formula is C16H19FN4. The molecule has 1 fully saturated rings. The smallest absolute Gasteiger partial charge is 0.223 e. The highest BCUT2D eigenvalue weighted by Crippen LogP contribution is 2.30. The summed E-state index contributed by atoms with van der Waals surface area (Å²) in [4.78, 5) is 13.0. The summed E-state index contributed by atoms with van der Waals surface area (Å²) in [5, 5.41) is 0. The van der Waals surface area contributed by atoms with Crippen LogP contribution in [0.1, 0.15) is 55.2 Å². The fourth-order valence-corrected chi connectivity index (χ4v) is 2.89. The minimum Gasteiger partial charge on any atom is -0.368 e. The van der Waals surface area contributed by atoms with E-state index in [0.29, 0.717) is 23.7 Å². The molecule has 0 amide bonds. The van der Waals surface area contributed by atoms with E-state index >= 15 is 0 Å². The van der Waals surface area contributed by atoms with Crippen LogP contribution in [-0.4, -0.2) is 15.0 Å². The first-order valence-corrected chi connectivity index (χ1v) is 7.46. The Bertz CT molecular complexity index is 623. The monoisotopic (exact) mass is 286 g/mol. The van der Waals surface area contributed by atoms with Crippen LogP contribution in [0, 0.1) is 5.82 Å². The van der Waals surface area contributed by atoms with Crippen LogP contribution in [0.5, 0.6) is 0 Å². The Kier molecular flexibility index (Phi) is 4.08. The molecule has 1 aliphatic rings. The Hall–Kier alpha value is -2.04. The predicted molar refractivity (Wildman–Crippen MR) is 79.3 cm³/mol. The van der Waals surface area contributed by atoms with Gasteiger partial charge in [0, 0.05) is 12.3 Å². The molecular weight excluding hydrogens is 267 g/mol. The zero-order valence-electron chi connectivity index (χ0n) is 11.9. The summed E-state index contributed by atoms with van der Waals surface area (Å²) in [5.41, 5.74) is 6.38. The molecule has 1 aromatic carbocycles. The number of aromatic nitrogens is 3. The molecule has 21 heavy (non-hydrogen) atoms. The molecule has 2 N–H and O–H groups in total. The molecule has 0 bridgehead atoms. The van der Waals surface area contributed by atoms with Gasteiger partial charge in [0.1, 0.15) is 17.5 Å². The maximum Gasteiger partial charge on any atom is 0.223 e. The molecule has 110 valence electrons. The minimum atomic E-state index is -0.240. The van der Waals surface area contributed by atoms with Gasteiger partial charge in [-0.2, -0.15) is 9.97 Å². The highest BCUT2D eigenvalue weighted by Gasteiger charge is 2.19. The molecule has 0 saturated heterocycles. The molecule has 0 atom stereocenters. The third-order valence-corrected chi connectivity index (χ3v) is 3.99. The van der Waals surface area contributed by atoms with E-state index in [0.717, 1.165) is 18.7 Å². The van der Waals surface area contributed by atoms with Crippen molar-refractivity contribution in [3.63, 3.8) is 0 Å². The van der Waals surface area contributed by atoms with Gasteiger partial charge in [-0.3, -0.25) is 0 Å². The van der Waals surface area contributed by atoms with Crippen LogP contribution in [0.3, 0.4) is 0 Å². The largest absolute Gasteiger partial charge is 0.368 e. The number of halogens is 1. The van der Waals surface area contributed by atoms with Crippen LogP contribution in [0.15, 0.2) is 24.3 Å². The summed E-state index contributed by atoms with van der Waals surface area (Å²) < 4.78 is 13.7. The van der Waals surface area contributed by atoms with Gasteiger partial charge in [0.15, 0.2) is 0 Å². The Labute approximate surface area is 123 Å². The van der Waals surface area contributed by atoms with Crippen LogP contribution in [0.2, 0.25) is 0 Å². The SMILES string of the molecule is Nc1nc(Cc2ccccc2F)nc(C2CCCCC2)n1. The van der Waals surface area contributed by atoms with Crippen LogP contribution in [0.25, 0.3) is 0 Å². The average molecular weight is 286 g/mol. The quantitative estimate of drug-likeness (QED) is 0.940. The zero-order valence-corrected chi connectivity index (χ0v) is 11.9. The van der Waals surface area contributed by atoms with E-state index in [1.807, 2.05) is 6.07 Å². The first kappa shape index (κ1) is 13.9. The number of nitrogens with two attached hydrogens (primary N) is 1. The Balaban J connectivity index is 1.85. The van der Waals surface area contributed by atoms with Crippen LogP contribution < -0.4 is 5.73 Å². The van der Waals surface area contributed by atoms with Crippen molar-refractivity contribution in [1.29, 1.82) is 0 Å². The van der Waals surface area contributed by atoms with Crippen molar-refractivity contribution in [3.05, 3.63) is 47.3 Å². The Morgan fingerprint density at radius 3 is 2.57 bits per heavy atom. The average Bonchev–Trinajstić information content (AvgIpc) is 2.50. The molecule has 1 aliphatic carbocycles. The first-order chi connectivity index (χ1) is 10.2. The van der Waals surface area contributed by atoms with E-state index in [1.54, 1.807) is 12.1 Å². The van der Waals surface area contributed by atoms with Gasteiger partial charge in [0.2, 0.25) is 5.95 Å². The van der Waals surface area contributed by atoms with Gasteiger partial charge in [-0.1, -0.05) is 37.5 Å². The van der Waals surface area contributed by atoms with Gasteiger partial charge in [0.25, 0.3) is 0 Å². The van der Waals surface area contributed by atoms with Crippen LogP contribution >= 0.6 is 0 Å². The standard InChI is InChI=1S/C16H19FN4/c17-13-9-5-4-8-12(13)10-14-19-15(21-16(18)20-14)11-6-2-1-3-7-11/h4-5,8-9,11H,1-3,6-7,10H2,(H2,18,19,20,21). The van der Waals surface area contributed by atoms with Crippen molar-refractivity contribution in [1.82, 2.24) is 15.0 Å². The van der Waals surface area contributed by atoms with Gasteiger partial charge in [-0.25, -0.2) is 9.37 Å². The topological polar surface area (TPSA) is 64.7 Å². The van der Waals surface area contributed by atoms with E-state index in [-0.39, 0.29) is 11.8 Å². The van der Waals surface area contributed by atoms with Crippen LogP contribution in [-0.2, 0) is 6.42 Å². The molecule has 1 heterocycles.